The molecule has 0 aromatic heterocycles. The Morgan fingerprint density at radius 1 is 1.29 bits per heavy atom. The molecule has 0 spiro atoms. The molecule has 21 heavy (non-hydrogen) atoms. The number of nitrogens with one attached hydrogen (secondary N) is 1. The normalized spacial score (nSPS) is 19.3. The zero-order valence-electron chi connectivity index (χ0n) is 13.6. The van der Waals surface area contributed by atoms with Crippen molar-refractivity contribution in [2.75, 3.05) is 13.1 Å². The molecular weight excluding hydrogens is 260 g/mol. The number of nitrogens with zero attached hydrogens (tertiary/aromatic N) is 1. The summed E-state index contributed by atoms with van der Waals surface area (Å²) in [6, 6.07) is 10.5. The third-order valence-electron chi connectivity index (χ3n) is 4.45. The monoisotopic (exact) mass is 288 g/mol. The van der Waals surface area contributed by atoms with Crippen molar-refractivity contribution in [3.05, 3.63) is 35.9 Å². The summed E-state index contributed by atoms with van der Waals surface area (Å²) in [4.78, 5) is 14.6. The molecule has 1 amide bonds. The van der Waals surface area contributed by atoms with Gasteiger partial charge in [-0.1, -0.05) is 37.3 Å². The fourth-order valence-corrected chi connectivity index (χ4v) is 3.02. The van der Waals surface area contributed by atoms with Gasteiger partial charge in [-0.3, -0.25) is 4.79 Å². The summed E-state index contributed by atoms with van der Waals surface area (Å²) in [5.41, 5.74) is 1.27. The van der Waals surface area contributed by atoms with Gasteiger partial charge in [0.15, 0.2) is 0 Å². The van der Waals surface area contributed by atoms with Crippen LogP contribution in [0.1, 0.15) is 45.6 Å². The van der Waals surface area contributed by atoms with Gasteiger partial charge in [-0.25, -0.2) is 0 Å². The second kappa shape index (κ2) is 7.08. The largest absolute Gasteiger partial charge is 0.336 e. The third kappa shape index (κ3) is 4.07. The lowest BCUT2D eigenvalue weighted by Gasteiger charge is -2.36. The van der Waals surface area contributed by atoms with Crippen molar-refractivity contribution >= 4 is 5.91 Å². The number of amides is 1. The van der Waals surface area contributed by atoms with Crippen molar-refractivity contribution in [1.82, 2.24) is 10.2 Å². The van der Waals surface area contributed by atoms with Gasteiger partial charge in [0.2, 0.25) is 5.91 Å². The average molecular weight is 288 g/mol. The van der Waals surface area contributed by atoms with Crippen molar-refractivity contribution in [2.24, 2.45) is 0 Å². The molecule has 1 aromatic rings. The lowest BCUT2D eigenvalue weighted by molar-refractivity contribution is -0.134. The Bertz CT molecular complexity index is 456. The minimum Gasteiger partial charge on any atom is -0.336 e. The Hall–Kier alpha value is -1.35. The molecule has 1 aliphatic rings. The molecule has 116 valence electrons. The van der Waals surface area contributed by atoms with Crippen LogP contribution in [0, 0.1) is 0 Å². The van der Waals surface area contributed by atoms with E-state index in [9.17, 15) is 4.79 Å². The number of hydrogen-bond acceptors (Lipinski definition) is 2. The average Bonchev–Trinajstić information content (AvgIpc) is 2.86. The van der Waals surface area contributed by atoms with E-state index in [0.717, 1.165) is 38.8 Å². The van der Waals surface area contributed by atoms with Crippen molar-refractivity contribution in [2.45, 2.75) is 58.0 Å². The van der Waals surface area contributed by atoms with Crippen molar-refractivity contribution in [1.29, 1.82) is 0 Å². The van der Waals surface area contributed by atoms with Crippen molar-refractivity contribution in [3.8, 4) is 0 Å². The third-order valence-corrected chi connectivity index (χ3v) is 4.45. The molecule has 1 atom stereocenters. The maximum atomic E-state index is 12.5. The maximum Gasteiger partial charge on any atom is 0.240 e. The van der Waals surface area contributed by atoms with Crippen molar-refractivity contribution < 1.29 is 4.79 Å². The Kier molecular flexibility index (Phi) is 5.40. The van der Waals surface area contributed by atoms with Crippen molar-refractivity contribution in [3.63, 3.8) is 0 Å². The number of benzene rings is 1. The molecular formula is C18H28N2O. The number of carbonyl (C=O) groups is 1. The highest BCUT2D eigenvalue weighted by atomic mass is 16.2. The highest BCUT2D eigenvalue weighted by Gasteiger charge is 2.39. The first-order valence-electron chi connectivity index (χ1n) is 8.13. The first kappa shape index (κ1) is 16.0. The number of carbonyl (C=O) groups excluding carboxylic acids is 1. The van der Waals surface area contributed by atoms with Crippen LogP contribution in [0.2, 0.25) is 0 Å². The first-order chi connectivity index (χ1) is 10.0. The van der Waals surface area contributed by atoms with Gasteiger partial charge in [0, 0.05) is 12.1 Å². The molecule has 0 radical (unpaired) electrons. The van der Waals surface area contributed by atoms with Crippen LogP contribution in [0.5, 0.6) is 0 Å². The van der Waals surface area contributed by atoms with Gasteiger partial charge in [-0.05, 0) is 51.6 Å². The number of hydrogen-bond donors (Lipinski definition) is 1. The Balaban J connectivity index is 1.92. The minimum absolute atomic E-state index is 0.0287. The number of rotatable bonds is 7. The van der Waals surface area contributed by atoms with Gasteiger partial charge < -0.3 is 10.2 Å². The molecule has 0 saturated carbocycles. The molecule has 1 fully saturated rings. The van der Waals surface area contributed by atoms with Crippen LogP contribution in [-0.2, 0) is 11.2 Å². The van der Waals surface area contributed by atoms with Gasteiger partial charge >= 0.3 is 0 Å². The van der Waals surface area contributed by atoms with Crippen LogP contribution in [0.25, 0.3) is 0 Å². The molecule has 0 bridgehead atoms. The number of likely N-dealkylation sites (tertiary alicyclic amines) is 1. The molecule has 0 aliphatic carbocycles. The summed E-state index contributed by atoms with van der Waals surface area (Å²) in [6.45, 7) is 8.32. The fourth-order valence-electron chi connectivity index (χ4n) is 3.02. The molecule has 1 aromatic carbocycles. The van der Waals surface area contributed by atoms with Gasteiger partial charge in [0.25, 0.3) is 0 Å². The summed E-state index contributed by atoms with van der Waals surface area (Å²) < 4.78 is 0. The summed E-state index contributed by atoms with van der Waals surface area (Å²) >= 11 is 0. The van der Waals surface area contributed by atoms with E-state index in [-0.39, 0.29) is 17.5 Å². The molecule has 1 aliphatic heterocycles. The maximum absolute atomic E-state index is 12.5. The second-order valence-electron chi connectivity index (χ2n) is 6.58. The fraction of sp³-hybridized carbons (Fsp3) is 0.611. The molecule has 3 heteroatoms. The molecule has 2 rings (SSSR count). The lowest BCUT2D eigenvalue weighted by Crippen LogP contribution is -2.48. The van der Waals surface area contributed by atoms with E-state index in [4.69, 9.17) is 0 Å². The summed E-state index contributed by atoms with van der Waals surface area (Å²) in [5, 5.41) is 3.37. The van der Waals surface area contributed by atoms with Gasteiger partial charge in [-0.15, -0.1) is 0 Å². The van der Waals surface area contributed by atoms with E-state index in [1.54, 1.807) is 0 Å². The van der Waals surface area contributed by atoms with Crippen LogP contribution in [-0.4, -0.2) is 35.5 Å². The molecule has 1 unspecified atom stereocenters. The van der Waals surface area contributed by atoms with Crippen LogP contribution in [0.4, 0.5) is 0 Å². The topological polar surface area (TPSA) is 32.3 Å². The molecule has 3 nitrogen and oxygen atoms in total. The van der Waals surface area contributed by atoms with Crippen LogP contribution in [0.3, 0.4) is 0 Å². The molecule has 1 heterocycles. The minimum atomic E-state index is -0.0738. The Labute approximate surface area is 128 Å². The SMILES string of the molecule is CCCNC1CCN(C(C)(C)CCc2ccccc2)C1=O. The van der Waals surface area contributed by atoms with E-state index in [1.165, 1.54) is 5.56 Å². The zero-order valence-corrected chi connectivity index (χ0v) is 13.6. The van der Waals surface area contributed by atoms with E-state index in [0.29, 0.717) is 0 Å². The predicted molar refractivity (Wildman–Crippen MR) is 87.3 cm³/mol. The summed E-state index contributed by atoms with van der Waals surface area (Å²) in [5.74, 6) is 0.279. The zero-order chi connectivity index (χ0) is 15.3. The summed E-state index contributed by atoms with van der Waals surface area (Å²) in [7, 11) is 0. The van der Waals surface area contributed by atoms with Crippen LogP contribution < -0.4 is 5.32 Å². The van der Waals surface area contributed by atoms with E-state index >= 15 is 0 Å². The van der Waals surface area contributed by atoms with Crippen LogP contribution >= 0.6 is 0 Å². The van der Waals surface area contributed by atoms with Crippen LogP contribution in [0.15, 0.2) is 30.3 Å². The molecule has 1 N–H and O–H groups in total. The van der Waals surface area contributed by atoms with E-state index in [2.05, 4.69) is 55.3 Å². The Morgan fingerprint density at radius 2 is 2.00 bits per heavy atom. The van der Waals surface area contributed by atoms with E-state index in [1.807, 2.05) is 6.07 Å². The smallest absolute Gasteiger partial charge is 0.240 e. The number of aryl methyl sites for hydroxylation is 1. The Morgan fingerprint density at radius 3 is 2.67 bits per heavy atom. The van der Waals surface area contributed by atoms with E-state index < -0.39 is 0 Å². The lowest BCUT2D eigenvalue weighted by atomic mass is 9.93. The summed E-state index contributed by atoms with van der Waals surface area (Å²) in [6.07, 6.45) is 4.03. The second-order valence-corrected chi connectivity index (χ2v) is 6.58. The van der Waals surface area contributed by atoms with Gasteiger partial charge in [-0.2, -0.15) is 0 Å². The first-order valence-corrected chi connectivity index (χ1v) is 8.13. The molecule has 1 saturated heterocycles. The highest BCUT2D eigenvalue weighted by molar-refractivity contribution is 5.84. The highest BCUT2D eigenvalue weighted by Crippen LogP contribution is 2.27. The standard InChI is InChI=1S/C18H28N2O/c1-4-13-19-16-11-14-20(17(16)21)18(2,3)12-10-15-8-6-5-7-9-15/h5-9,16,19H,4,10-14H2,1-3H3. The quantitative estimate of drug-likeness (QED) is 0.836. The van der Waals surface area contributed by atoms with Gasteiger partial charge in [0.05, 0.1) is 6.04 Å². The predicted octanol–water partition coefficient (Wildman–Crippen LogP) is 3.00. The van der Waals surface area contributed by atoms with Gasteiger partial charge in [0.1, 0.15) is 0 Å².